The van der Waals surface area contributed by atoms with Crippen LogP contribution in [0.2, 0.25) is 0 Å². The van der Waals surface area contributed by atoms with E-state index < -0.39 is 0 Å². The predicted octanol–water partition coefficient (Wildman–Crippen LogP) is 2.64. The number of rotatable bonds is 1. The molecule has 3 heteroatoms. The van der Waals surface area contributed by atoms with Crippen LogP contribution in [0.3, 0.4) is 0 Å². The predicted molar refractivity (Wildman–Crippen MR) is 75.9 cm³/mol. The second-order valence-electron chi connectivity index (χ2n) is 5.11. The van der Waals surface area contributed by atoms with Gasteiger partial charge in [-0.25, -0.2) is 4.98 Å². The van der Waals surface area contributed by atoms with Gasteiger partial charge in [-0.3, -0.25) is 4.90 Å². The lowest BCUT2D eigenvalue weighted by atomic mass is 10.0. The van der Waals surface area contributed by atoms with Crippen molar-refractivity contribution in [1.82, 2.24) is 9.88 Å². The Hall–Kier alpha value is -1.61. The number of pyridine rings is 1. The lowest BCUT2D eigenvalue weighted by Gasteiger charge is -2.34. The van der Waals surface area contributed by atoms with E-state index in [1.54, 1.807) is 0 Å². The molecule has 0 radical (unpaired) electrons. The molecule has 0 bridgehead atoms. The first kappa shape index (κ1) is 11.5. The minimum atomic E-state index is 0.946. The van der Waals surface area contributed by atoms with Gasteiger partial charge in [-0.15, -0.1) is 0 Å². The van der Waals surface area contributed by atoms with Crippen molar-refractivity contribution in [2.24, 2.45) is 0 Å². The van der Waals surface area contributed by atoms with E-state index >= 15 is 0 Å². The molecule has 0 aliphatic carbocycles. The topological polar surface area (TPSA) is 19.4 Å². The van der Waals surface area contributed by atoms with Crippen LogP contribution < -0.4 is 4.90 Å². The van der Waals surface area contributed by atoms with Crippen LogP contribution in [0.1, 0.15) is 18.2 Å². The van der Waals surface area contributed by atoms with Gasteiger partial charge in [0.15, 0.2) is 0 Å². The summed E-state index contributed by atoms with van der Waals surface area (Å²) in [5.41, 5.74) is 2.57. The molecule has 1 aromatic heterocycles. The maximum Gasteiger partial charge on any atom is 0.134 e. The van der Waals surface area contributed by atoms with Crippen molar-refractivity contribution in [3.63, 3.8) is 0 Å². The Morgan fingerprint density at radius 2 is 1.89 bits per heavy atom. The SMILES string of the molecule is CCc1nc2c(c3ccccc13)CN(C)CN2C. The average molecular weight is 241 g/mol. The van der Waals surface area contributed by atoms with E-state index in [1.165, 1.54) is 22.0 Å². The van der Waals surface area contributed by atoms with Crippen molar-refractivity contribution >= 4 is 16.6 Å². The molecule has 0 fully saturated rings. The maximum absolute atomic E-state index is 4.87. The van der Waals surface area contributed by atoms with E-state index in [1.807, 2.05) is 0 Å². The lowest BCUT2D eigenvalue weighted by Crippen LogP contribution is -2.38. The van der Waals surface area contributed by atoms with Gasteiger partial charge in [0.2, 0.25) is 0 Å². The van der Waals surface area contributed by atoms with Gasteiger partial charge in [-0.1, -0.05) is 31.2 Å². The highest BCUT2D eigenvalue weighted by molar-refractivity contribution is 5.91. The second kappa shape index (κ2) is 4.25. The average Bonchev–Trinajstić information content (AvgIpc) is 2.38. The van der Waals surface area contributed by atoms with Crippen molar-refractivity contribution in [2.45, 2.75) is 19.9 Å². The molecule has 0 N–H and O–H groups in total. The molecule has 0 atom stereocenters. The van der Waals surface area contributed by atoms with Crippen molar-refractivity contribution in [1.29, 1.82) is 0 Å². The van der Waals surface area contributed by atoms with Crippen LogP contribution in [0.25, 0.3) is 10.8 Å². The summed E-state index contributed by atoms with van der Waals surface area (Å²) in [6.45, 7) is 4.11. The standard InChI is InChI=1S/C15H19N3/c1-4-14-12-8-6-5-7-11(12)13-9-17(2)10-18(3)15(13)16-14/h5-8H,4,9-10H2,1-3H3. The summed E-state index contributed by atoms with van der Waals surface area (Å²) in [4.78, 5) is 9.44. The van der Waals surface area contributed by atoms with Gasteiger partial charge in [0.05, 0.1) is 12.4 Å². The Bertz CT molecular complexity index is 592. The van der Waals surface area contributed by atoms with E-state index in [4.69, 9.17) is 4.98 Å². The Morgan fingerprint density at radius 3 is 2.61 bits per heavy atom. The molecule has 0 saturated heterocycles. The van der Waals surface area contributed by atoms with Crippen LogP contribution >= 0.6 is 0 Å². The van der Waals surface area contributed by atoms with Crippen LogP contribution in [0.4, 0.5) is 5.82 Å². The molecule has 94 valence electrons. The third-order valence-corrected chi connectivity index (χ3v) is 3.65. The minimum absolute atomic E-state index is 0.946. The molecule has 1 aliphatic rings. The fourth-order valence-corrected chi connectivity index (χ4v) is 2.86. The van der Waals surface area contributed by atoms with Crippen LogP contribution in [0, 0.1) is 0 Å². The third kappa shape index (κ3) is 1.66. The monoisotopic (exact) mass is 241 g/mol. The highest BCUT2D eigenvalue weighted by Crippen LogP contribution is 2.32. The smallest absolute Gasteiger partial charge is 0.134 e. The summed E-state index contributed by atoms with van der Waals surface area (Å²) < 4.78 is 0. The Balaban J connectivity index is 2.33. The van der Waals surface area contributed by atoms with Crippen LogP contribution in [0.5, 0.6) is 0 Å². The lowest BCUT2D eigenvalue weighted by molar-refractivity contribution is 0.315. The van der Waals surface area contributed by atoms with Crippen LogP contribution in [-0.4, -0.2) is 30.6 Å². The highest BCUT2D eigenvalue weighted by Gasteiger charge is 2.22. The van der Waals surface area contributed by atoms with Gasteiger partial charge >= 0.3 is 0 Å². The Kier molecular flexibility index (Phi) is 2.71. The molecular formula is C15H19N3. The molecule has 2 aromatic rings. The number of hydrogen-bond donors (Lipinski definition) is 0. The molecule has 0 unspecified atom stereocenters. The van der Waals surface area contributed by atoms with E-state index in [-0.39, 0.29) is 0 Å². The minimum Gasteiger partial charge on any atom is -0.346 e. The summed E-state index contributed by atoms with van der Waals surface area (Å²) in [5, 5.41) is 2.67. The molecule has 3 nitrogen and oxygen atoms in total. The first-order valence-corrected chi connectivity index (χ1v) is 6.51. The van der Waals surface area contributed by atoms with Gasteiger partial charge in [0.1, 0.15) is 5.82 Å². The molecule has 3 rings (SSSR count). The number of anilines is 1. The summed E-state index contributed by atoms with van der Waals surface area (Å²) >= 11 is 0. The molecule has 0 amide bonds. The van der Waals surface area contributed by atoms with Gasteiger partial charge in [-0.05, 0) is 18.9 Å². The zero-order valence-electron chi connectivity index (χ0n) is 11.3. The molecule has 0 saturated carbocycles. The molecule has 18 heavy (non-hydrogen) atoms. The number of aromatic nitrogens is 1. The molecule has 1 aliphatic heterocycles. The summed E-state index contributed by atoms with van der Waals surface area (Å²) in [6.07, 6.45) is 0.984. The van der Waals surface area contributed by atoms with Crippen molar-refractivity contribution < 1.29 is 0 Å². The van der Waals surface area contributed by atoms with Gasteiger partial charge in [-0.2, -0.15) is 0 Å². The molecular weight excluding hydrogens is 222 g/mol. The number of fused-ring (bicyclic) bond motifs is 3. The van der Waals surface area contributed by atoms with Crippen LogP contribution in [0.15, 0.2) is 24.3 Å². The molecule has 2 heterocycles. The van der Waals surface area contributed by atoms with Crippen LogP contribution in [-0.2, 0) is 13.0 Å². The number of aryl methyl sites for hydroxylation is 1. The zero-order valence-corrected chi connectivity index (χ0v) is 11.3. The first-order chi connectivity index (χ1) is 8.70. The van der Waals surface area contributed by atoms with Crippen molar-refractivity contribution in [3.8, 4) is 0 Å². The van der Waals surface area contributed by atoms with Crippen molar-refractivity contribution in [2.75, 3.05) is 25.7 Å². The maximum atomic E-state index is 4.87. The number of hydrogen-bond acceptors (Lipinski definition) is 3. The highest BCUT2D eigenvalue weighted by atomic mass is 15.3. The molecule has 1 aromatic carbocycles. The fourth-order valence-electron chi connectivity index (χ4n) is 2.86. The van der Waals surface area contributed by atoms with Gasteiger partial charge < -0.3 is 4.90 Å². The fraction of sp³-hybridized carbons (Fsp3) is 0.400. The second-order valence-corrected chi connectivity index (χ2v) is 5.11. The summed E-state index contributed by atoms with van der Waals surface area (Å²) in [7, 11) is 4.28. The zero-order chi connectivity index (χ0) is 12.7. The largest absolute Gasteiger partial charge is 0.346 e. The number of benzene rings is 1. The van der Waals surface area contributed by atoms with Gasteiger partial charge in [0, 0.05) is 24.5 Å². The van der Waals surface area contributed by atoms with E-state index in [0.29, 0.717) is 0 Å². The Morgan fingerprint density at radius 1 is 1.17 bits per heavy atom. The Labute approximate surface area is 108 Å². The summed E-state index contributed by atoms with van der Waals surface area (Å²) in [6, 6.07) is 8.64. The van der Waals surface area contributed by atoms with E-state index in [0.717, 1.165) is 25.5 Å². The molecule has 0 spiro atoms. The van der Waals surface area contributed by atoms with Gasteiger partial charge in [0.25, 0.3) is 0 Å². The van der Waals surface area contributed by atoms with E-state index in [9.17, 15) is 0 Å². The quantitative estimate of drug-likeness (QED) is 0.765. The first-order valence-electron chi connectivity index (χ1n) is 6.51. The number of nitrogens with zero attached hydrogens (tertiary/aromatic N) is 3. The van der Waals surface area contributed by atoms with E-state index in [2.05, 4.69) is 55.1 Å². The summed E-state index contributed by atoms with van der Waals surface area (Å²) in [5.74, 6) is 1.16. The normalized spacial score (nSPS) is 16.1. The van der Waals surface area contributed by atoms with Crippen molar-refractivity contribution in [3.05, 3.63) is 35.5 Å². The third-order valence-electron chi connectivity index (χ3n) is 3.65.